The van der Waals surface area contributed by atoms with E-state index in [-0.39, 0.29) is 0 Å². The molecule has 0 aromatic heterocycles. The van der Waals surface area contributed by atoms with Crippen LogP contribution in [0.1, 0.15) is 23.1 Å². The van der Waals surface area contributed by atoms with Crippen LogP contribution >= 0.6 is 0 Å². The number of hydrogen-bond donors (Lipinski definition) is 1. The molecule has 2 rings (SSSR count). The Morgan fingerprint density at radius 2 is 1.93 bits per heavy atom. The molecule has 2 heteroatoms. The van der Waals surface area contributed by atoms with E-state index in [4.69, 9.17) is 0 Å². The first kappa shape index (κ1) is 10.6. The Balaban J connectivity index is 2.16. The highest BCUT2D eigenvalue weighted by Crippen LogP contribution is 2.25. The Labute approximate surface area is 90.7 Å². The third kappa shape index (κ3) is 2.57. The van der Waals surface area contributed by atoms with Crippen molar-refractivity contribution in [3.8, 4) is 0 Å². The summed E-state index contributed by atoms with van der Waals surface area (Å²) >= 11 is 0. The zero-order valence-electron chi connectivity index (χ0n) is 9.44. The molecule has 1 atom stereocenters. The van der Waals surface area contributed by atoms with Gasteiger partial charge in [0.05, 0.1) is 0 Å². The molecule has 1 heterocycles. The van der Waals surface area contributed by atoms with E-state index in [9.17, 15) is 4.39 Å². The maximum atomic E-state index is 14.2. The third-order valence-corrected chi connectivity index (χ3v) is 2.99. The molecule has 0 amide bonds. The molecule has 1 N–H and O–H groups in total. The van der Waals surface area contributed by atoms with Crippen LogP contribution in [-0.2, 0) is 6.42 Å². The van der Waals surface area contributed by atoms with E-state index in [1.54, 1.807) is 0 Å². The molecule has 1 nitrogen and oxygen atoms in total. The molecule has 0 aliphatic carbocycles. The van der Waals surface area contributed by atoms with Crippen molar-refractivity contribution in [3.05, 3.63) is 34.9 Å². The largest absolute Gasteiger partial charge is 0.313 e. The highest BCUT2D eigenvalue weighted by Gasteiger charge is 2.33. The summed E-state index contributed by atoms with van der Waals surface area (Å²) in [6, 6.07) is 6.31. The number of alkyl halides is 1. The van der Waals surface area contributed by atoms with Crippen LogP contribution in [0.15, 0.2) is 18.2 Å². The van der Waals surface area contributed by atoms with Gasteiger partial charge in [-0.05, 0) is 32.4 Å². The monoisotopic (exact) mass is 207 g/mol. The van der Waals surface area contributed by atoms with Crippen LogP contribution in [0.3, 0.4) is 0 Å². The van der Waals surface area contributed by atoms with Crippen LogP contribution in [0.2, 0.25) is 0 Å². The van der Waals surface area contributed by atoms with Gasteiger partial charge in [-0.15, -0.1) is 0 Å². The number of benzene rings is 1. The zero-order valence-corrected chi connectivity index (χ0v) is 9.44. The number of halogens is 1. The Morgan fingerprint density at radius 1 is 1.27 bits per heavy atom. The summed E-state index contributed by atoms with van der Waals surface area (Å²) in [7, 11) is 0. The standard InChI is InChI=1S/C13H18FN/c1-10-5-11(2)7-12(6-10)8-13(14)3-4-15-9-13/h5-7,15H,3-4,8-9H2,1-2H3. The summed E-state index contributed by atoms with van der Waals surface area (Å²) in [5.74, 6) is 0. The highest BCUT2D eigenvalue weighted by molar-refractivity contribution is 5.29. The minimum absolute atomic E-state index is 0.500. The van der Waals surface area contributed by atoms with Crippen molar-refractivity contribution < 1.29 is 4.39 Å². The van der Waals surface area contributed by atoms with Gasteiger partial charge in [-0.3, -0.25) is 0 Å². The number of nitrogens with one attached hydrogen (secondary N) is 1. The summed E-state index contributed by atoms with van der Waals surface area (Å²) < 4.78 is 14.2. The second-order valence-electron chi connectivity index (χ2n) is 4.75. The fourth-order valence-electron chi connectivity index (χ4n) is 2.40. The van der Waals surface area contributed by atoms with Crippen molar-refractivity contribution in [2.45, 2.75) is 32.4 Å². The van der Waals surface area contributed by atoms with Gasteiger partial charge in [0, 0.05) is 13.0 Å². The molecule has 1 unspecified atom stereocenters. The van der Waals surface area contributed by atoms with Gasteiger partial charge in [0.15, 0.2) is 0 Å². The molecule has 1 aliphatic heterocycles. The van der Waals surface area contributed by atoms with Crippen molar-refractivity contribution in [3.63, 3.8) is 0 Å². The first-order chi connectivity index (χ1) is 7.07. The van der Waals surface area contributed by atoms with Crippen molar-refractivity contribution in [2.24, 2.45) is 0 Å². The van der Waals surface area contributed by atoms with Crippen LogP contribution in [0.5, 0.6) is 0 Å². The normalized spacial score (nSPS) is 25.8. The maximum Gasteiger partial charge on any atom is 0.128 e. The summed E-state index contributed by atoms with van der Waals surface area (Å²) in [6.07, 6.45) is 1.18. The molecular formula is C13H18FN. The minimum Gasteiger partial charge on any atom is -0.313 e. The predicted octanol–water partition coefficient (Wildman–Crippen LogP) is 2.55. The molecule has 0 bridgehead atoms. The van der Waals surface area contributed by atoms with Crippen molar-refractivity contribution in [1.82, 2.24) is 5.32 Å². The van der Waals surface area contributed by atoms with Crippen LogP contribution < -0.4 is 5.32 Å². The first-order valence-electron chi connectivity index (χ1n) is 5.54. The van der Waals surface area contributed by atoms with Crippen LogP contribution in [-0.4, -0.2) is 18.8 Å². The van der Waals surface area contributed by atoms with Gasteiger partial charge in [-0.1, -0.05) is 29.3 Å². The quantitative estimate of drug-likeness (QED) is 0.786. The minimum atomic E-state index is -1.03. The first-order valence-corrected chi connectivity index (χ1v) is 5.54. The van der Waals surface area contributed by atoms with Crippen LogP contribution in [0.4, 0.5) is 4.39 Å². The molecule has 1 aliphatic rings. The molecule has 0 saturated carbocycles. The van der Waals surface area contributed by atoms with Crippen LogP contribution in [0.25, 0.3) is 0 Å². The summed E-state index contributed by atoms with van der Waals surface area (Å²) in [6.45, 7) is 5.43. The average molecular weight is 207 g/mol. The lowest BCUT2D eigenvalue weighted by atomic mass is 9.93. The second kappa shape index (κ2) is 3.93. The summed E-state index contributed by atoms with van der Waals surface area (Å²) in [5.41, 5.74) is 2.54. The Kier molecular flexibility index (Phi) is 2.79. The van der Waals surface area contributed by atoms with Gasteiger partial charge in [-0.25, -0.2) is 4.39 Å². The smallest absolute Gasteiger partial charge is 0.128 e. The van der Waals surface area contributed by atoms with E-state index in [2.05, 4.69) is 37.4 Å². The Hall–Kier alpha value is -0.890. The molecule has 0 radical (unpaired) electrons. The molecular weight excluding hydrogens is 189 g/mol. The second-order valence-corrected chi connectivity index (χ2v) is 4.75. The SMILES string of the molecule is Cc1cc(C)cc(CC2(F)CCNC2)c1. The van der Waals surface area contributed by atoms with Gasteiger partial charge in [-0.2, -0.15) is 0 Å². The lowest BCUT2D eigenvalue weighted by Gasteiger charge is -2.18. The molecule has 1 fully saturated rings. The van der Waals surface area contributed by atoms with Gasteiger partial charge >= 0.3 is 0 Å². The van der Waals surface area contributed by atoms with Gasteiger partial charge in [0.1, 0.15) is 5.67 Å². The zero-order chi connectivity index (χ0) is 10.9. The Morgan fingerprint density at radius 3 is 2.47 bits per heavy atom. The summed E-state index contributed by atoms with van der Waals surface area (Å²) in [5, 5.41) is 3.09. The lowest BCUT2D eigenvalue weighted by molar-refractivity contribution is 0.190. The van der Waals surface area contributed by atoms with E-state index >= 15 is 0 Å². The number of rotatable bonds is 2. The number of aryl methyl sites for hydroxylation is 2. The van der Waals surface area contributed by atoms with E-state index < -0.39 is 5.67 Å². The molecule has 82 valence electrons. The van der Waals surface area contributed by atoms with Gasteiger partial charge in [0.25, 0.3) is 0 Å². The molecule has 15 heavy (non-hydrogen) atoms. The lowest BCUT2D eigenvalue weighted by Crippen LogP contribution is -2.28. The van der Waals surface area contributed by atoms with Gasteiger partial charge in [0.2, 0.25) is 0 Å². The highest BCUT2D eigenvalue weighted by atomic mass is 19.1. The topological polar surface area (TPSA) is 12.0 Å². The molecule has 0 spiro atoms. The van der Waals surface area contributed by atoms with Crippen molar-refractivity contribution >= 4 is 0 Å². The van der Waals surface area contributed by atoms with Crippen molar-refractivity contribution in [2.75, 3.05) is 13.1 Å². The number of hydrogen-bond acceptors (Lipinski definition) is 1. The van der Waals surface area contributed by atoms with Crippen LogP contribution in [0, 0.1) is 13.8 Å². The fourth-order valence-corrected chi connectivity index (χ4v) is 2.40. The Bertz CT molecular complexity index is 333. The maximum absolute atomic E-state index is 14.2. The van der Waals surface area contributed by atoms with Gasteiger partial charge < -0.3 is 5.32 Å². The average Bonchev–Trinajstić information content (AvgIpc) is 2.49. The van der Waals surface area contributed by atoms with E-state index in [1.165, 1.54) is 11.1 Å². The third-order valence-electron chi connectivity index (χ3n) is 2.99. The summed E-state index contributed by atoms with van der Waals surface area (Å²) in [4.78, 5) is 0. The molecule has 1 aromatic rings. The molecule has 1 saturated heterocycles. The molecule has 1 aromatic carbocycles. The predicted molar refractivity (Wildman–Crippen MR) is 60.9 cm³/mol. The van der Waals surface area contributed by atoms with E-state index in [1.807, 2.05) is 0 Å². The van der Waals surface area contributed by atoms with E-state index in [0.717, 1.165) is 12.1 Å². The van der Waals surface area contributed by atoms with E-state index in [0.29, 0.717) is 19.4 Å². The fraction of sp³-hybridized carbons (Fsp3) is 0.538. The van der Waals surface area contributed by atoms with Crippen molar-refractivity contribution in [1.29, 1.82) is 0 Å².